The van der Waals surface area contributed by atoms with Gasteiger partial charge in [-0.05, 0) is 20.4 Å². The third-order valence-electron chi connectivity index (χ3n) is 3.32. The normalized spacial score (nSPS) is 21.9. The fourth-order valence-electron chi connectivity index (χ4n) is 2.28. The van der Waals surface area contributed by atoms with E-state index < -0.39 is 0 Å². The summed E-state index contributed by atoms with van der Waals surface area (Å²) in [6.07, 6.45) is 1.21. The van der Waals surface area contributed by atoms with Crippen LogP contribution in [0.3, 0.4) is 0 Å². The predicted octanol–water partition coefficient (Wildman–Crippen LogP) is 1.18. The van der Waals surface area contributed by atoms with Crippen molar-refractivity contribution in [2.45, 2.75) is 25.9 Å². The Hall–Kier alpha value is -0.580. The lowest BCUT2D eigenvalue weighted by Gasteiger charge is -2.16. The first-order valence-corrected chi connectivity index (χ1v) is 6.07. The molecule has 1 aliphatic heterocycles. The van der Waals surface area contributed by atoms with E-state index in [9.17, 15) is 0 Å². The molecule has 1 saturated heterocycles. The van der Waals surface area contributed by atoms with Gasteiger partial charge in [-0.15, -0.1) is 0 Å². The number of halogens is 1. The predicted molar refractivity (Wildman–Crippen MR) is 65.7 cm³/mol. The molecule has 2 rings (SSSR count). The number of nitrogens with zero attached hydrogens (tertiary/aromatic N) is 3. The quantitative estimate of drug-likeness (QED) is 0.864. The monoisotopic (exact) mass is 242 g/mol. The van der Waals surface area contributed by atoms with E-state index in [1.807, 2.05) is 25.7 Å². The van der Waals surface area contributed by atoms with Crippen molar-refractivity contribution in [3.05, 3.63) is 16.4 Å². The molecule has 90 valence electrons. The van der Waals surface area contributed by atoms with E-state index in [-0.39, 0.29) is 0 Å². The lowest BCUT2D eigenvalue weighted by molar-refractivity contribution is 0.313. The molecule has 2 heterocycles. The molecule has 1 atom stereocenters. The third-order valence-corrected chi connectivity index (χ3v) is 3.81. The number of rotatable bonds is 3. The van der Waals surface area contributed by atoms with Crippen LogP contribution in [0, 0.1) is 6.92 Å². The summed E-state index contributed by atoms with van der Waals surface area (Å²) in [4.78, 5) is 2.42. The Labute approximate surface area is 102 Å². The second kappa shape index (κ2) is 4.73. The summed E-state index contributed by atoms with van der Waals surface area (Å²) in [6.45, 7) is 5.07. The fourth-order valence-corrected chi connectivity index (χ4v) is 2.50. The molecule has 0 aliphatic carbocycles. The van der Waals surface area contributed by atoms with E-state index in [1.54, 1.807) is 0 Å². The number of nitrogens with one attached hydrogen (secondary N) is 1. The molecule has 5 heteroatoms. The van der Waals surface area contributed by atoms with E-state index in [4.69, 9.17) is 11.6 Å². The van der Waals surface area contributed by atoms with Crippen LogP contribution in [0.25, 0.3) is 0 Å². The third kappa shape index (κ3) is 2.24. The first kappa shape index (κ1) is 11.9. The first-order chi connectivity index (χ1) is 7.61. The molecule has 0 aromatic carbocycles. The Morgan fingerprint density at radius 2 is 2.31 bits per heavy atom. The second-order valence-corrected chi connectivity index (χ2v) is 4.86. The summed E-state index contributed by atoms with van der Waals surface area (Å²) in [6, 6.07) is 0.619. The molecule has 1 unspecified atom stereocenters. The highest BCUT2D eigenvalue weighted by molar-refractivity contribution is 6.31. The highest BCUT2D eigenvalue weighted by atomic mass is 35.5. The van der Waals surface area contributed by atoms with Gasteiger partial charge in [0.2, 0.25) is 0 Å². The first-order valence-electron chi connectivity index (χ1n) is 5.69. The molecule has 0 amide bonds. The highest BCUT2D eigenvalue weighted by Crippen LogP contribution is 2.22. The molecule has 16 heavy (non-hydrogen) atoms. The molecule has 0 bridgehead atoms. The zero-order valence-electron chi connectivity index (χ0n) is 10.1. The minimum Gasteiger partial charge on any atom is -0.316 e. The molecule has 1 N–H and O–H groups in total. The van der Waals surface area contributed by atoms with Crippen molar-refractivity contribution in [1.82, 2.24) is 20.0 Å². The van der Waals surface area contributed by atoms with Crippen molar-refractivity contribution >= 4 is 11.6 Å². The molecule has 0 radical (unpaired) electrons. The Morgan fingerprint density at radius 1 is 1.56 bits per heavy atom. The average Bonchev–Trinajstić information content (AvgIpc) is 2.80. The van der Waals surface area contributed by atoms with Crippen LogP contribution in [0.4, 0.5) is 0 Å². The van der Waals surface area contributed by atoms with Gasteiger partial charge in [0.15, 0.2) is 0 Å². The Kier molecular flexibility index (Phi) is 3.52. The molecule has 1 aromatic heterocycles. The van der Waals surface area contributed by atoms with Crippen LogP contribution in [0.2, 0.25) is 5.02 Å². The summed E-state index contributed by atoms with van der Waals surface area (Å²) < 4.78 is 1.89. The van der Waals surface area contributed by atoms with Crippen molar-refractivity contribution in [2.24, 2.45) is 7.05 Å². The van der Waals surface area contributed by atoms with Gasteiger partial charge in [0.25, 0.3) is 0 Å². The smallest absolute Gasteiger partial charge is 0.0860 e. The Morgan fingerprint density at radius 3 is 2.81 bits per heavy atom. The largest absolute Gasteiger partial charge is 0.316 e. The zero-order valence-corrected chi connectivity index (χ0v) is 10.9. The second-order valence-electron chi connectivity index (χ2n) is 4.48. The van der Waals surface area contributed by atoms with Crippen molar-refractivity contribution in [1.29, 1.82) is 0 Å². The number of likely N-dealkylation sites (N-methyl/N-ethyl adjacent to an activating group) is 1. The molecular weight excluding hydrogens is 224 g/mol. The van der Waals surface area contributed by atoms with Crippen LogP contribution in [0.5, 0.6) is 0 Å². The van der Waals surface area contributed by atoms with Gasteiger partial charge in [0.1, 0.15) is 0 Å². The molecule has 1 aromatic rings. The highest BCUT2D eigenvalue weighted by Gasteiger charge is 2.23. The summed E-state index contributed by atoms with van der Waals surface area (Å²) in [5.41, 5.74) is 2.04. The Bertz CT molecular complexity index is 374. The SMILES string of the molecule is CNC1CCN(Cc2c(Cl)c(C)nn2C)C1. The Balaban J connectivity index is 2.04. The number of aryl methyl sites for hydroxylation is 2. The van der Waals surface area contributed by atoms with Gasteiger partial charge >= 0.3 is 0 Å². The minimum atomic E-state index is 0.619. The van der Waals surface area contributed by atoms with E-state index in [2.05, 4.69) is 15.3 Å². The average molecular weight is 243 g/mol. The molecule has 1 fully saturated rings. The summed E-state index contributed by atoms with van der Waals surface area (Å²) >= 11 is 6.24. The number of hydrogen-bond donors (Lipinski definition) is 1. The molecule has 0 saturated carbocycles. The van der Waals surface area contributed by atoms with Crippen molar-refractivity contribution in [2.75, 3.05) is 20.1 Å². The molecule has 4 nitrogen and oxygen atoms in total. The van der Waals surface area contributed by atoms with Crippen LogP contribution in [0.1, 0.15) is 17.8 Å². The lowest BCUT2D eigenvalue weighted by Crippen LogP contribution is -2.29. The molecular formula is C11H19ClN4. The van der Waals surface area contributed by atoms with Crippen molar-refractivity contribution in [3.8, 4) is 0 Å². The van der Waals surface area contributed by atoms with Crippen LogP contribution in [-0.4, -0.2) is 40.9 Å². The standard InChI is InChI=1S/C11H19ClN4/c1-8-11(12)10(15(3)14-8)7-16-5-4-9(6-16)13-2/h9,13H,4-7H2,1-3H3. The van der Waals surface area contributed by atoms with Crippen LogP contribution in [-0.2, 0) is 13.6 Å². The maximum absolute atomic E-state index is 6.24. The maximum Gasteiger partial charge on any atom is 0.0860 e. The summed E-state index contributed by atoms with van der Waals surface area (Å²) in [7, 11) is 3.98. The zero-order chi connectivity index (χ0) is 11.7. The van der Waals surface area contributed by atoms with Gasteiger partial charge < -0.3 is 5.32 Å². The molecule has 0 spiro atoms. The fraction of sp³-hybridized carbons (Fsp3) is 0.727. The van der Waals surface area contributed by atoms with Gasteiger partial charge in [-0.2, -0.15) is 5.10 Å². The summed E-state index contributed by atoms with van der Waals surface area (Å²) in [5.74, 6) is 0. The number of aromatic nitrogens is 2. The van der Waals surface area contributed by atoms with E-state index in [1.165, 1.54) is 6.42 Å². The van der Waals surface area contributed by atoms with Crippen molar-refractivity contribution < 1.29 is 0 Å². The van der Waals surface area contributed by atoms with Crippen LogP contribution >= 0.6 is 11.6 Å². The topological polar surface area (TPSA) is 33.1 Å². The van der Waals surface area contributed by atoms with Crippen molar-refractivity contribution in [3.63, 3.8) is 0 Å². The van der Waals surface area contributed by atoms with Gasteiger partial charge in [-0.3, -0.25) is 9.58 Å². The van der Waals surface area contributed by atoms with Gasteiger partial charge in [0.05, 0.1) is 16.4 Å². The van der Waals surface area contributed by atoms with Gasteiger partial charge in [0, 0.05) is 32.7 Å². The maximum atomic E-state index is 6.24. The summed E-state index contributed by atoms with van der Waals surface area (Å²) in [5, 5.41) is 8.47. The van der Waals surface area contributed by atoms with Gasteiger partial charge in [-0.25, -0.2) is 0 Å². The van der Waals surface area contributed by atoms with Crippen LogP contribution in [0.15, 0.2) is 0 Å². The lowest BCUT2D eigenvalue weighted by atomic mass is 10.3. The van der Waals surface area contributed by atoms with E-state index in [0.717, 1.165) is 36.0 Å². The van der Waals surface area contributed by atoms with Crippen LogP contribution < -0.4 is 5.32 Å². The molecule has 1 aliphatic rings. The number of hydrogen-bond acceptors (Lipinski definition) is 3. The number of likely N-dealkylation sites (tertiary alicyclic amines) is 1. The minimum absolute atomic E-state index is 0.619. The van der Waals surface area contributed by atoms with Gasteiger partial charge in [-0.1, -0.05) is 11.6 Å². The van der Waals surface area contributed by atoms with E-state index >= 15 is 0 Å². The van der Waals surface area contributed by atoms with E-state index in [0.29, 0.717) is 6.04 Å².